The first-order valence-corrected chi connectivity index (χ1v) is 10.6. The molecular formula is C22H21BrN2O2S. The predicted octanol–water partition coefficient (Wildman–Crippen LogP) is 4.86. The highest BCUT2D eigenvalue weighted by molar-refractivity contribution is 9.11. The maximum atomic E-state index is 13.0. The molecule has 0 fully saturated rings. The number of carbonyl (C=O) groups excluding carboxylic acids is 2. The first-order chi connectivity index (χ1) is 13.5. The minimum absolute atomic E-state index is 0.0258. The van der Waals surface area contributed by atoms with Gasteiger partial charge in [0.1, 0.15) is 6.54 Å². The van der Waals surface area contributed by atoms with Gasteiger partial charge >= 0.3 is 0 Å². The second kappa shape index (κ2) is 9.66. The van der Waals surface area contributed by atoms with Gasteiger partial charge in [0.25, 0.3) is 5.91 Å². The summed E-state index contributed by atoms with van der Waals surface area (Å²) in [5.41, 5.74) is 2.01. The number of likely N-dealkylation sites (N-methyl/N-ethyl adjacent to an activating group) is 1. The van der Waals surface area contributed by atoms with Crippen LogP contribution in [0.2, 0.25) is 0 Å². The van der Waals surface area contributed by atoms with Gasteiger partial charge in [-0.1, -0.05) is 48.5 Å². The van der Waals surface area contributed by atoms with Gasteiger partial charge < -0.3 is 9.80 Å². The fourth-order valence-electron chi connectivity index (χ4n) is 2.87. The van der Waals surface area contributed by atoms with Gasteiger partial charge in [-0.3, -0.25) is 9.59 Å². The zero-order valence-corrected chi connectivity index (χ0v) is 17.9. The third-order valence-corrected chi connectivity index (χ3v) is 5.95. The van der Waals surface area contributed by atoms with Crippen molar-refractivity contribution in [2.24, 2.45) is 0 Å². The highest BCUT2D eigenvalue weighted by atomic mass is 79.9. The van der Waals surface area contributed by atoms with Crippen LogP contribution in [0.3, 0.4) is 0 Å². The van der Waals surface area contributed by atoms with Crippen molar-refractivity contribution in [3.05, 3.63) is 87.0 Å². The third-order valence-electron chi connectivity index (χ3n) is 4.34. The molecule has 4 nitrogen and oxygen atoms in total. The number of anilines is 1. The second-order valence-corrected chi connectivity index (χ2v) is 8.84. The number of benzene rings is 2. The van der Waals surface area contributed by atoms with E-state index in [0.29, 0.717) is 11.4 Å². The van der Waals surface area contributed by atoms with Crippen molar-refractivity contribution in [3.8, 4) is 0 Å². The number of hydrogen-bond acceptors (Lipinski definition) is 3. The van der Waals surface area contributed by atoms with Gasteiger partial charge in [-0.05, 0) is 52.2 Å². The molecular weight excluding hydrogens is 436 g/mol. The molecule has 2 amide bonds. The van der Waals surface area contributed by atoms with Crippen molar-refractivity contribution in [3.63, 3.8) is 0 Å². The number of halogens is 1. The molecule has 144 valence electrons. The van der Waals surface area contributed by atoms with E-state index in [4.69, 9.17) is 0 Å². The molecule has 2 aromatic carbocycles. The van der Waals surface area contributed by atoms with E-state index in [1.807, 2.05) is 54.6 Å². The number of rotatable bonds is 7. The Labute approximate surface area is 177 Å². The van der Waals surface area contributed by atoms with Crippen molar-refractivity contribution in [2.45, 2.75) is 6.42 Å². The minimum atomic E-state index is -0.153. The minimum Gasteiger partial charge on any atom is -0.332 e. The summed E-state index contributed by atoms with van der Waals surface area (Å²) in [7, 11) is 1.66. The molecule has 3 aromatic rings. The summed E-state index contributed by atoms with van der Waals surface area (Å²) in [6.07, 6.45) is 0.747. The van der Waals surface area contributed by atoms with Crippen LogP contribution in [0.1, 0.15) is 15.2 Å². The summed E-state index contributed by atoms with van der Waals surface area (Å²) in [6, 6.07) is 23.3. The molecule has 28 heavy (non-hydrogen) atoms. The van der Waals surface area contributed by atoms with Crippen LogP contribution in [0.15, 0.2) is 76.6 Å². The Morgan fingerprint density at radius 3 is 2.18 bits per heavy atom. The normalized spacial score (nSPS) is 10.5. The standard InChI is InChI=1S/C22H21BrN2O2S/c1-24(22(27)19-12-13-20(23)28-19)16-21(26)25(18-10-6-3-7-11-18)15-14-17-8-4-2-5-9-17/h2-13H,14-16H2,1H3. The number of thiophene rings is 1. The van der Waals surface area contributed by atoms with Gasteiger partial charge in [0.05, 0.1) is 8.66 Å². The summed E-state index contributed by atoms with van der Waals surface area (Å²) in [4.78, 5) is 29.5. The van der Waals surface area contributed by atoms with Gasteiger partial charge in [-0.2, -0.15) is 0 Å². The first kappa shape index (κ1) is 20.3. The van der Waals surface area contributed by atoms with E-state index in [-0.39, 0.29) is 18.4 Å². The summed E-state index contributed by atoms with van der Waals surface area (Å²) in [5.74, 6) is -0.256. The number of amides is 2. The summed E-state index contributed by atoms with van der Waals surface area (Å²) in [5, 5.41) is 0. The van der Waals surface area contributed by atoms with Crippen LogP contribution in [-0.2, 0) is 11.2 Å². The van der Waals surface area contributed by atoms with Gasteiger partial charge in [-0.25, -0.2) is 0 Å². The van der Waals surface area contributed by atoms with E-state index in [9.17, 15) is 9.59 Å². The lowest BCUT2D eigenvalue weighted by Gasteiger charge is -2.26. The lowest BCUT2D eigenvalue weighted by Crippen LogP contribution is -2.42. The molecule has 1 aromatic heterocycles. The van der Waals surface area contributed by atoms with Crippen molar-refractivity contribution in [1.29, 1.82) is 0 Å². The summed E-state index contributed by atoms with van der Waals surface area (Å²) < 4.78 is 0.893. The highest BCUT2D eigenvalue weighted by Crippen LogP contribution is 2.23. The fraction of sp³-hybridized carbons (Fsp3) is 0.182. The molecule has 0 radical (unpaired) electrons. The van der Waals surface area contributed by atoms with Crippen LogP contribution in [0.4, 0.5) is 5.69 Å². The van der Waals surface area contributed by atoms with Crippen molar-refractivity contribution in [2.75, 3.05) is 25.0 Å². The largest absolute Gasteiger partial charge is 0.332 e. The van der Waals surface area contributed by atoms with E-state index < -0.39 is 0 Å². The average molecular weight is 457 g/mol. The Bertz CT molecular complexity index is 928. The Morgan fingerprint density at radius 1 is 0.929 bits per heavy atom. The number of hydrogen-bond donors (Lipinski definition) is 0. The Hall–Kier alpha value is -2.44. The topological polar surface area (TPSA) is 40.6 Å². The maximum absolute atomic E-state index is 13.0. The van der Waals surface area contributed by atoms with Crippen LogP contribution in [0.25, 0.3) is 0 Å². The van der Waals surface area contributed by atoms with E-state index in [0.717, 1.165) is 15.9 Å². The van der Waals surface area contributed by atoms with Gasteiger partial charge in [0.2, 0.25) is 5.91 Å². The smallest absolute Gasteiger partial charge is 0.264 e. The zero-order valence-electron chi connectivity index (χ0n) is 15.5. The van der Waals surface area contributed by atoms with Crippen LogP contribution in [0.5, 0.6) is 0 Å². The molecule has 0 bridgehead atoms. The maximum Gasteiger partial charge on any atom is 0.264 e. The lowest BCUT2D eigenvalue weighted by atomic mass is 10.1. The molecule has 0 spiro atoms. The Balaban J connectivity index is 1.71. The Morgan fingerprint density at radius 2 is 1.57 bits per heavy atom. The molecule has 0 unspecified atom stereocenters. The monoisotopic (exact) mass is 456 g/mol. The number of nitrogens with zero attached hydrogens (tertiary/aromatic N) is 2. The van der Waals surface area contributed by atoms with Crippen molar-refractivity contribution in [1.82, 2.24) is 4.90 Å². The molecule has 3 rings (SSSR count). The molecule has 0 aliphatic heterocycles. The molecule has 6 heteroatoms. The molecule has 0 saturated carbocycles. The summed E-state index contributed by atoms with van der Waals surface area (Å²) in [6.45, 7) is 0.581. The Kier molecular flexibility index (Phi) is 7.01. The van der Waals surface area contributed by atoms with Crippen LogP contribution in [0, 0.1) is 0 Å². The van der Waals surface area contributed by atoms with E-state index >= 15 is 0 Å². The third kappa shape index (κ3) is 5.30. The first-order valence-electron chi connectivity index (χ1n) is 8.95. The molecule has 0 aliphatic rings. The van der Waals surface area contributed by atoms with Crippen LogP contribution in [-0.4, -0.2) is 36.9 Å². The van der Waals surface area contributed by atoms with E-state index in [1.165, 1.54) is 21.8 Å². The second-order valence-electron chi connectivity index (χ2n) is 6.38. The lowest BCUT2D eigenvalue weighted by molar-refractivity contribution is -0.119. The molecule has 0 N–H and O–H groups in total. The van der Waals surface area contributed by atoms with Gasteiger partial charge in [0, 0.05) is 19.3 Å². The zero-order chi connectivity index (χ0) is 19.9. The number of carbonyl (C=O) groups is 2. The quantitative estimate of drug-likeness (QED) is 0.509. The van der Waals surface area contributed by atoms with Crippen LogP contribution < -0.4 is 4.90 Å². The highest BCUT2D eigenvalue weighted by Gasteiger charge is 2.21. The average Bonchev–Trinajstić information content (AvgIpc) is 3.15. The molecule has 1 heterocycles. The fourth-order valence-corrected chi connectivity index (χ4v) is 4.25. The number of para-hydroxylation sites is 1. The van der Waals surface area contributed by atoms with Crippen LogP contribution >= 0.6 is 27.3 Å². The molecule has 0 saturated heterocycles. The predicted molar refractivity (Wildman–Crippen MR) is 118 cm³/mol. The van der Waals surface area contributed by atoms with Gasteiger partial charge in [-0.15, -0.1) is 11.3 Å². The van der Waals surface area contributed by atoms with E-state index in [1.54, 1.807) is 18.0 Å². The summed E-state index contributed by atoms with van der Waals surface area (Å²) >= 11 is 4.73. The van der Waals surface area contributed by atoms with Crippen molar-refractivity contribution < 1.29 is 9.59 Å². The van der Waals surface area contributed by atoms with E-state index in [2.05, 4.69) is 28.1 Å². The molecule has 0 aliphatic carbocycles. The van der Waals surface area contributed by atoms with Gasteiger partial charge in [0.15, 0.2) is 0 Å². The SMILES string of the molecule is CN(CC(=O)N(CCc1ccccc1)c1ccccc1)C(=O)c1ccc(Br)s1. The molecule has 0 atom stereocenters. The van der Waals surface area contributed by atoms with Crippen molar-refractivity contribution >= 4 is 44.8 Å².